The first-order valence-electron chi connectivity index (χ1n) is 8.72. The van der Waals surface area contributed by atoms with Crippen LogP contribution >= 0.6 is 0 Å². The Morgan fingerprint density at radius 3 is 1.77 bits per heavy atom. The van der Waals surface area contributed by atoms with Gasteiger partial charge < -0.3 is 9.47 Å². The molecular weight excluding hydrogens is 272 g/mol. The second kappa shape index (κ2) is 2.86. The standard InChI is InChI=1S/C20H20O2/c1-21-9-5-6-10(22-2)12-11(9)16-13-14-15(13)18-19(16)7-3-4-8-20(18,19)17(12)14/h3-6,13-18H,7-8H2,1-2H3/t13-,14+,15?,16+,17-,18?,19+,20-. The van der Waals surface area contributed by atoms with Crippen LogP contribution in [0.1, 0.15) is 35.8 Å². The fourth-order valence-corrected chi connectivity index (χ4v) is 8.68. The van der Waals surface area contributed by atoms with E-state index < -0.39 is 0 Å². The van der Waals surface area contributed by atoms with Crippen molar-refractivity contribution in [3.8, 4) is 11.5 Å². The summed E-state index contributed by atoms with van der Waals surface area (Å²) in [7, 11) is 3.67. The molecular formula is C20H20O2. The molecule has 0 N–H and O–H groups in total. The third-order valence-corrected chi connectivity index (χ3v) is 8.70. The summed E-state index contributed by atoms with van der Waals surface area (Å²) in [5, 5.41) is 0. The summed E-state index contributed by atoms with van der Waals surface area (Å²) >= 11 is 0. The van der Waals surface area contributed by atoms with Crippen LogP contribution in [0.4, 0.5) is 0 Å². The monoisotopic (exact) mass is 292 g/mol. The van der Waals surface area contributed by atoms with Gasteiger partial charge in [-0.2, -0.15) is 0 Å². The molecule has 0 radical (unpaired) electrons. The second-order valence-corrected chi connectivity index (χ2v) is 8.42. The lowest BCUT2D eigenvalue weighted by Crippen LogP contribution is -2.41. The highest BCUT2D eigenvalue weighted by Gasteiger charge is 3.01. The van der Waals surface area contributed by atoms with E-state index >= 15 is 0 Å². The SMILES string of the molecule is COc1ccc(OC)c2c1[C@@H]1[C@@H]3C4C5[C@@]16CC=CC[C@]56[C@@H]2[C@@H]43. The molecule has 0 heterocycles. The number of methoxy groups -OCH3 is 2. The fraction of sp³-hybridized carbons (Fsp3) is 0.600. The van der Waals surface area contributed by atoms with E-state index in [1.165, 1.54) is 12.8 Å². The smallest absolute Gasteiger partial charge is 0.122 e. The first-order chi connectivity index (χ1) is 10.8. The molecule has 0 aliphatic heterocycles. The van der Waals surface area contributed by atoms with Crippen molar-refractivity contribution >= 4 is 0 Å². The first-order valence-corrected chi connectivity index (χ1v) is 8.72. The molecule has 1 aromatic carbocycles. The Hall–Kier alpha value is -1.44. The van der Waals surface area contributed by atoms with E-state index in [0.717, 1.165) is 47.0 Å². The molecule has 2 unspecified atom stereocenters. The predicted molar refractivity (Wildman–Crippen MR) is 82.2 cm³/mol. The Kier molecular flexibility index (Phi) is 1.45. The lowest BCUT2D eigenvalue weighted by atomic mass is 9.53. The van der Waals surface area contributed by atoms with Crippen LogP contribution in [-0.4, -0.2) is 14.2 Å². The average Bonchev–Trinajstić information content (AvgIpc) is 3.37. The number of hydrogen-bond donors (Lipinski definition) is 0. The number of benzene rings is 1. The molecule has 0 aromatic heterocycles. The zero-order valence-corrected chi connectivity index (χ0v) is 13.0. The van der Waals surface area contributed by atoms with E-state index in [0.29, 0.717) is 10.8 Å². The maximum absolute atomic E-state index is 5.81. The third-order valence-electron chi connectivity index (χ3n) is 8.70. The number of allylic oxidation sites excluding steroid dienone is 2. The Morgan fingerprint density at radius 2 is 1.32 bits per heavy atom. The molecule has 1 aromatic rings. The molecule has 8 atom stereocenters. The Bertz CT molecular complexity index is 732. The van der Waals surface area contributed by atoms with Crippen molar-refractivity contribution in [2.75, 3.05) is 14.2 Å². The van der Waals surface area contributed by atoms with Gasteiger partial charge in [0.05, 0.1) is 14.2 Å². The van der Waals surface area contributed by atoms with Crippen LogP contribution in [0.3, 0.4) is 0 Å². The minimum atomic E-state index is 0.600. The molecule has 8 rings (SSSR count). The van der Waals surface area contributed by atoms with Crippen LogP contribution < -0.4 is 9.47 Å². The largest absolute Gasteiger partial charge is 0.496 e. The topological polar surface area (TPSA) is 18.5 Å². The Morgan fingerprint density at radius 1 is 0.818 bits per heavy atom. The van der Waals surface area contributed by atoms with E-state index in [-0.39, 0.29) is 0 Å². The van der Waals surface area contributed by atoms with Crippen LogP contribution in [0.15, 0.2) is 24.3 Å². The van der Waals surface area contributed by atoms with Gasteiger partial charge in [-0.15, -0.1) is 0 Å². The van der Waals surface area contributed by atoms with Gasteiger partial charge in [0.25, 0.3) is 0 Å². The van der Waals surface area contributed by atoms with Crippen LogP contribution in [0.2, 0.25) is 0 Å². The van der Waals surface area contributed by atoms with Crippen molar-refractivity contribution in [2.24, 2.45) is 34.5 Å². The highest BCUT2D eigenvalue weighted by atomic mass is 16.5. The van der Waals surface area contributed by atoms with Gasteiger partial charge in [-0.3, -0.25) is 0 Å². The molecule has 2 bridgehead atoms. The van der Waals surface area contributed by atoms with Gasteiger partial charge in [0, 0.05) is 11.1 Å². The minimum absolute atomic E-state index is 0.600. The average molecular weight is 292 g/mol. The molecule has 22 heavy (non-hydrogen) atoms. The summed E-state index contributed by atoms with van der Waals surface area (Å²) in [6, 6.07) is 4.29. The van der Waals surface area contributed by atoms with Gasteiger partial charge in [-0.25, -0.2) is 0 Å². The Labute approximate surface area is 130 Å². The summed E-state index contributed by atoms with van der Waals surface area (Å²) in [6.45, 7) is 0. The Balaban J connectivity index is 1.60. The van der Waals surface area contributed by atoms with Crippen LogP contribution in [-0.2, 0) is 0 Å². The zero-order valence-electron chi connectivity index (χ0n) is 13.0. The molecule has 0 saturated heterocycles. The molecule has 2 heteroatoms. The van der Waals surface area contributed by atoms with Gasteiger partial charge in [0.2, 0.25) is 0 Å². The van der Waals surface area contributed by atoms with Crippen molar-refractivity contribution in [1.82, 2.24) is 0 Å². The van der Waals surface area contributed by atoms with Gasteiger partial charge in [-0.05, 0) is 71.3 Å². The lowest BCUT2D eigenvalue weighted by molar-refractivity contribution is 0.129. The molecule has 4 saturated carbocycles. The van der Waals surface area contributed by atoms with Crippen molar-refractivity contribution in [1.29, 1.82) is 0 Å². The van der Waals surface area contributed by atoms with E-state index in [4.69, 9.17) is 9.47 Å². The van der Waals surface area contributed by atoms with Crippen LogP contribution in [0.25, 0.3) is 0 Å². The number of rotatable bonds is 2. The van der Waals surface area contributed by atoms with Crippen molar-refractivity contribution in [3.05, 3.63) is 35.4 Å². The maximum atomic E-state index is 5.81. The van der Waals surface area contributed by atoms with Crippen LogP contribution in [0.5, 0.6) is 11.5 Å². The molecule has 112 valence electrons. The minimum Gasteiger partial charge on any atom is -0.496 e. The number of ether oxygens (including phenoxy) is 2. The van der Waals surface area contributed by atoms with Crippen molar-refractivity contribution < 1.29 is 9.47 Å². The zero-order chi connectivity index (χ0) is 14.4. The maximum Gasteiger partial charge on any atom is 0.122 e. The molecule has 7 aliphatic rings. The summed E-state index contributed by atoms with van der Waals surface area (Å²) in [6.07, 6.45) is 7.59. The molecule has 2 spiro atoms. The third kappa shape index (κ3) is 0.714. The van der Waals surface area contributed by atoms with Gasteiger partial charge in [0.1, 0.15) is 11.5 Å². The highest BCUT2D eigenvalue weighted by molar-refractivity contribution is 5.69. The highest BCUT2D eigenvalue weighted by Crippen LogP contribution is 3.06. The summed E-state index contributed by atoms with van der Waals surface area (Å²) in [5.74, 6) is 7.72. The molecule has 7 aliphatic carbocycles. The van der Waals surface area contributed by atoms with Gasteiger partial charge in [0.15, 0.2) is 0 Å². The second-order valence-electron chi connectivity index (χ2n) is 8.42. The summed E-state index contributed by atoms with van der Waals surface area (Å²) in [4.78, 5) is 0. The van der Waals surface area contributed by atoms with Crippen molar-refractivity contribution in [2.45, 2.75) is 24.7 Å². The van der Waals surface area contributed by atoms with E-state index in [9.17, 15) is 0 Å². The molecule has 4 fully saturated rings. The quantitative estimate of drug-likeness (QED) is 0.773. The van der Waals surface area contributed by atoms with E-state index in [1.807, 2.05) is 14.2 Å². The normalized spacial score (nSPS) is 55.5. The molecule has 2 nitrogen and oxygen atoms in total. The molecule has 0 amide bonds. The van der Waals surface area contributed by atoms with Crippen LogP contribution in [0, 0.1) is 34.5 Å². The fourth-order valence-electron chi connectivity index (χ4n) is 8.68. The summed E-state index contributed by atoms with van der Waals surface area (Å²) < 4.78 is 11.6. The predicted octanol–water partition coefficient (Wildman–Crippen LogP) is 3.73. The van der Waals surface area contributed by atoms with Gasteiger partial charge >= 0.3 is 0 Å². The van der Waals surface area contributed by atoms with Crippen molar-refractivity contribution in [3.63, 3.8) is 0 Å². The van der Waals surface area contributed by atoms with E-state index in [1.54, 1.807) is 11.1 Å². The van der Waals surface area contributed by atoms with Gasteiger partial charge in [-0.1, -0.05) is 12.2 Å². The first kappa shape index (κ1) is 11.2. The lowest BCUT2D eigenvalue weighted by Gasteiger charge is -2.50. The number of hydrogen-bond acceptors (Lipinski definition) is 2. The summed E-state index contributed by atoms with van der Waals surface area (Å²) in [5.41, 5.74) is 4.29. The van der Waals surface area contributed by atoms with E-state index in [2.05, 4.69) is 24.3 Å².